The number of benzene rings is 1. The van der Waals surface area contributed by atoms with Crippen molar-refractivity contribution in [1.82, 2.24) is 24.5 Å². The second-order valence-corrected chi connectivity index (χ2v) is 9.94. The number of halogens is 4. The van der Waals surface area contributed by atoms with Crippen LogP contribution in [0.4, 0.5) is 8.78 Å². The first-order valence-electron chi connectivity index (χ1n) is 11.0. The second kappa shape index (κ2) is 10.2. The van der Waals surface area contributed by atoms with Gasteiger partial charge in [-0.3, -0.25) is 14.3 Å². The Bertz CT molecular complexity index is 1570. The van der Waals surface area contributed by atoms with Gasteiger partial charge in [-0.25, -0.2) is 18.7 Å². The number of aliphatic hydroxyl groups is 1. The third kappa shape index (κ3) is 5.53. The van der Waals surface area contributed by atoms with Crippen LogP contribution in [0.2, 0.25) is 5.02 Å². The lowest BCUT2D eigenvalue weighted by Crippen LogP contribution is -2.24. The maximum Gasteiger partial charge on any atom is 0.276 e. The van der Waals surface area contributed by atoms with Crippen molar-refractivity contribution >= 4 is 27.5 Å². The molecule has 0 bridgehead atoms. The Kier molecular flexibility index (Phi) is 7.40. The van der Waals surface area contributed by atoms with E-state index in [1.54, 1.807) is 45.2 Å². The van der Waals surface area contributed by atoms with Crippen molar-refractivity contribution in [3.63, 3.8) is 0 Å². The van der Waals surface area contributed by atoms with Crippen LogP contribution in [0, 0.1) is 25.5 Å². The number of ether oxygens (including phenoxy) is 1. The van der Waals surface area contributed by atoms with Crippen LogP contribution in [-0.2, 0) is 12.2 Å². The highest BCUT2D eigenvalue weighted by atomic mass is 79.9. The number of aryl methyl sites for hydroxylation is 2. The van der Waals surface area contributed by atoms with E-state index in [4.69, 9.17) is 16.3 Å². The lowest BCUT2D eigenvalue weighted by Gasteiger charge is -2.18. The fourth-order valence-electron chi connectivity index (χ4n) is 3.51. The zero-order valence-electron chi connectivity index (χ0n) is 20.2. The Morgan fingerprint density at radius 2 is 1.86 bits per heavy atom. The smallest absolute Gasteiger partial charge is 0.276 e. The molecule has 3 heterocycles. The van der Waals surface area contributed by atoms with E-state index in [-0.39, 0.29) is 39.3 Å². The van der Waals surface area contributed by atoms with Crippen LogP contribution < -0.4 is 10.3 Å². The molecule has 0 amide bonds. The molecule has 0 aliphatic carbocycles. The fourth-order valence-corrected chi connectivity index (χ4v) is 4.09. The van der Waals surface area contributed by atoms with Crippen molar-refractivity contribution in [3.05, 3.63) is 91.0 Å². The second-order valence-electron chi connectivity index (χ2n) is 8.74. The Morgan fingerprint density at radius 3 is 2.54 bits per heavy atom. The van der Waals surface area contributed by atoms with Crippen LogP contribution >= 0.6 is 27.5 Å². The Balaban J connectivity index is 1.75. The van der Waals surface area contributed by atoms with Crippen molar-refractivity contribution in [2.24, 2.45) is 0 Å². The maximum absolute atomic E-state index is 13.9. The maximum atomic E-state index is 13.9. The highest BCUT2D eigenvalue weighted by molar-refractivity contribution is 9.10. The van der Waals surface area contributed by atoms with Gasteiger partial charge in [-0.2, -0.15) is 4.98 Å². The SMILES string of the molecule is Cc1cnc(C(C)(C)O)nc1-c1ccc(Cl)c(-n2c(C)nc(OCc3ncc(F)cc3F)c(Br)c2=O)c1. The van der Waals surface area contributed by atoms with Gasteiger partial charge >= 0.3 is 0 Å². The van der Waals surface area contributed by atoms with E-state index in [2.05, 4.69) is 35.9 Å². The standard InChI is InChI=1S/C25H21BrClF2N5O3/c1-12-9-31-24(25(3,4)36)33-21(12)14-5-6-16(27)19(7-14)34-13(2)32-22(20(26)23(34)35)37-11-18-17(29)8-15(28)10-30-18/h5-10,36H,11H2,1-4H3. The highest BCUT2D eigenvalue weighted by Gasteiger charge is 2.22. The van der Waals surface area contributed by atoms with Gasteiger partial charge in [-0.1, -0.05) is 17.7 Å². The van der Waals surface area contributed by atoms with Crippen molar-refractivity contribution < 1.29 is 18.6 Å². The molecule has 0 aliphatic rings. The van der Waals surface area contributed by atoms with Crippen LogP contribution in [0.5, 0.6) is 5.88 Å². The third-order valence-corrected chi connectivity index (χ3v) is 6.37. The number of pyridine rings is 1. The first kappa shape index (κ1) is 26.8. The predicted molar refractivity (Wildman–Crippen MR) is 137 cm³/mol. The molecule has 0 fully saturated rings. The van der Waals surface area contributed by atoms with Gasteiger partial charge in [0.05, 0.1) is 22.6 Å². The number of hydrogen-bond acceptors (Lipinski definition) is 7. The normalized spacial score (nSPS) is 11.6. The predicted octanol–water partition coefficient (Wildman–Crippen LogP) is 5.20. The highest BCUT2D eigenvalue weighted by Crippen LogP contribution is 2.31. The molecule has 4 aromatic rings. The zero-order chi connectivity index (χ0) is 27.1. The molecule has 1 aromatic carbocycles. The van der Waals surface area contributed by atoms with Crippen LogP contribution in [-0.4, -0.2) is 29.6 Å². The van der Waals surface area contributed by atoms with Gasteiger partial charge < -0.3 is 9.84 Å². The fraction of sp³-hybridized carbons (Fsp3) is 0.240. The third-order valence-electron chi connectivity index (χ3n) is 5.37. The molecule has 0 radical (unpaired) electrons. The molecule has 37 heavy (non-hydrogen) atoms. The van der Waals surface area contributed by atoms with Crippen molar-refractivity contribution in [3.8, 4) is 22.8 Å². The Labute approximate surface area is 224 Å². The molecular formula is C25H21BrClF2N5O3. The molecule has 0 saturated heterocycles. The molecule has 8 nitrogen and oxygen atoms in total. The summed E-state index contributed by atoms with van der Waals surface area (Å²) in [5.74, 6) is -1.29. The minimum Gasteiger partial charge on any atom is -0.470 e. The lowest BCUT2D eigenvalue weighted by atomic mass is 10.0. The molecule has 0 atom stereocenters. The molecule has 0 saturated carbocycles. The first-order valence-corrected chi connectivity index (χ1v) is 12.1. The topological polar surface area (TPSA) is 103 Å². The molecule has 4 rings (SSSR count). The minimum absolute atomic E-state index is 0.0235. The molecular weight excluding hydrogens is 572 g/mol. The van der Waals surface area contributed by atoms with E-state index >= 15 is 0 Å². The molecule has 0 spiro atoms. The van der Waals surface area contributed by atoms with Crippen LogP contribution in [0.25, 0.3) is 16.9 Å². The van der Waals surface area contributed by atoms with Gasteiger partial charge in [0.1, 0.15) is 34.0 Å². The van der Waals surface area contributed by atoms with Gasteiger partial charge in [0.25, 0.3) is 5.56 Å². The van der Waals surface area contributed by atoms with Gasteiger partial charge in [-0.15, -0.1) is 0 Å². The summed E-state index contributed by atoms with van der Waals surface area (Å²) in [4.78, 5) is 30.1. The number of rotatable bonds is 6. The van der Waals surface area contributed by atoms with Crippen LogP contribution in [0.15, 0.2) is 45.9 Å². The van der Waals surface area contributed by atoms with E-state index in [1.807, 2.05) is 6.92 Å². The molecule has 1 N–H and O–H groups in total. The van der Waals surface area contributed by atoms with Crippen LogP contribution in [0.1, 0.15) is 36.8 Å². The van der Waals surface area contributed by atoms with E-state index in [0.29, 0.717) is 23.0 Å². The van der Waals surface area contributed by atoms with Gasteiger partial charge in [0.15, 0.2) is 11.6 Å². The average Bonchev–Trinajstić information content (AvgIpc) is 2.82. The summed E-state index contributed by atoms with van der Waals surface area (Å²) in [6.45, 7) is 6.23. The Hall–Kier alpha value is -3.28. The molecule has 12 heteroatoms. The lowest BCUT2D eigenvalue weighted by molar-refractivity contribution is 0.0688. The van der Waals surface area contributed by atoms with Crippen LogP contribution in [0.3, 0.4) is 0 Å². The van der Waals surface area contributed by atoms with E-state index in [1.165, 1.54) is 4.57 Å². The number of aromatic nitrogens is 5. The summed E-state index contributed by atoms with van der Waals surface area (Å²) < 4.78 is 33.8. The Morgan fingerprint density at radius 1 is 1.14 bits per heavy atom. The molecule has 192 valence electrons. The minimum atomic E-state index is -1.25. The molecule has 0 aliphatic heterocycles. The largest absolute Gasteiger partial charge is 0.470 e. The van der Waals surface area contributed by atoms with E-state index in [0.717, 1.165) is 11.8 Å². The molecule has 3 aromatic heterocycles. The number of nitrogens with zero attached hydrogens (tertiary/aromatic N) is 5. The van der Waals surface area contributed by atoms with Gasteiger partial charge in [0.2, 0.25) is 5.88 Å². The van der Waals surface area contributed by atoms with Gasteiger partial charge in [0, 0.05) is 17.8 Å². The summed E-state index contributed by atoms with van der Waals surface area (Å²) in [5, 5.41) is 10.6. The average molecular weight is 593 g/mol. The van der Waals surface area contributed by atoms with E-state index < -0.39 is 22.8 Å². The summed E-state index contributed by atoms with van der Waals surface area (Å²) in [7, 11) is 0. The number of hydrogen-bond donors (Lipinski definition) is 1. The van der Waals surface area contributed by atoms with Gasteiger partial charge in [-0.05, 0) is 61.3 Å². The van der Waals surface area contributed by atoms with Crippen molar-refractivity contribution in [2.75, 3.05) is 0 Å². The monoisotopic (exact) mass is 591 g/mol. The molecule has 0 unspecified atom stereocenters. The summed E-state index contributed by atoms with van der Waals surface area (Å²) in [6, 6.07) is 5.76. The quantitative estimate of drug-likeness (QED) is 0.328. The van der Waals surface area contributed by atoms with Crippen molar-refractivity contribution in [1.29, 1.82) is 0 Å². The zero-order valence-corrected chi connectivity index (χ0v) is 22.5. The van der Waals surface area contributed by atoms with Crippen molar-refractivity contribution in [2.45, 2.75) is 39.9 Å². The first-order chi connectivity index (χ1) is 17.4. The summed E-state index contributed by atoms with van der Waals surface area (Å²) in [6.07, 6.45) is 2.48. The van der Waals surface area contributed by atoms with E-state index in [9.17, 15) is 18.7 Å². The summed E-state index contributed by atoms with van der Waals surface area (Å²) >= 11 is 9.69. The summed E-state index contributed by atoms with van der Waals surface area (Å²) in [5.41, 5.74) is 0.402.